The molecule has 2 aliphatic rings. The second-order valence-corrected chi connectivity index (χ2v) is 8.34. The molecule has 3 nitrogen and oxygen atoms in total. The highest BCUT2D eigenvalue weighted by molar-refractivity contribution is 7.73. The maximum absolute atomic E-state index is 12.1. The Balaban J connectivity index is 0.00000196. The molecule has 1 aliphatic heterocycles. The van der Waals surface area contributed by atoms with Gasteiger partial charge in [0, 0.05) is 20.6 Å². The lowest BCUT2D eigenvalue weighted by Gasteiger charge is -2.35. The van der Waals surface area contributed by atoms with Crippen LogP contribution in [0.25, 0.3) is 0 Å². The van der Waals surface area contributed by atoms with E-state index in [4.69, 9.17) is 9.47 Å². The number of benzene rings is 2. The number of allylic oxidation sites excluding steroid dienone is 2. The smallest absolute Gasteiger partial charge is 0.185 e. The van der Waals surface area contributed by atoms with Gasteiger partial charge in [0.05, 0.1) is 14.2 Å². The maximum Gasteiger partial charge on any atom is 0.185 e. The molecule has 1 spiro atoms. The Kier molecular flexibility index (Phi) is 5.07. The van der Waals surface area contributed by atoms with Gasteiger partial charge in [0.15, 0.2) is 5.78 Å². The van der Waals surface area contributed by atoms with Crippen molar-refractivity contribution in [3.8, 4) is 0 Å². The quantitative estimate of drug-likeness (QED) is 0.623. The van der Waals surface area contributed by atoms with Crippen molar-refractivity contribution in [3.05, 3.63) is 83.8 Å². The average molecular weight is 361 g/mol. The minimum Gasteiger partial charge on any atom is -0.500 e. The van der Waals surface area contributed by atoms with Crippen LogP contribution in [0.15, 0.2) is 78.3 Å². The van der Waals surface area contributed by atoms with Crippen molar-refractivity contribution in [1.82, 2.24) is 0 Å². The van der Waals surface area contributed by atoms with Gasteiger partial charge >= 0.3 is 0 Å². The second-order valence-electron chi connectivity index (χ2n) is 6.17. The number of methoxy groups -OCH3 is 2. The van der Waals surface area contributed by atoms with Crippen molar-refractivity contribution in [1.29, 1.82) is 0 Å². The molecule has 0 unspecified atom stereocenters. The third-order valence-corrected chi connectivity index (χ3v) is 7.63. The van der Waals surface area contributed by atoms with Crippen molar-refractivity contribution in [2.24, 2.45) is 0 Å². The largest absolute Gasteiger partial charge is 0.500 e. The van der Waals surface area contributed by atoms with Crippen LogP contribution in [-0.4, -0.2) is 34.6 Å². The predicted octanol–water partition coefficient (Wildman–Crippen LogP) is 2.63. The van der Waals surface area contributed by atoms with E-state index in [0.717, 1.165) is 6.16 Å². The van der Waals surface area contributed by atoms with E-state index in [9.17, 15) is 4.79 Å². The van der Waals surface area contributed by atoms with Crippen LogP contribution in [-0.2, 0) is 19.7 Å². The molecule has 1 atom stereocenters. The highest BCUT2D eigenvalue weighted by atomic mass is 31.1. The van der Waals surface area contributed by atoms with E-state index in [-0.39, 0.29) is 14.2 Å². The molecule has 1 heterocycles. The first-order chi connectivity index (χ1) is 12.2. The summed E-state index contributed by atoms with van der Waals surface area (Å²) in [5, 5.41) is 2.65. The van der Waals surface area contributed by atoms with Gasteiger partial charge < -0.3 is 9.47 Å². The number of ketones is 1. The van der Waals surface area contributed by atoms with E-state index in [1.54, 1.807) is 26.4 Å². The van der Waals surface area contributed by atoms with Crippen molar-refractivity contribution >= 4 is 32.7 Å². The third-order valence-electron chi connectivity index (χ3n) is 4.95. The third kappa shape index (κ3) is 2.60. The lowest BCUT2D eigenvalue weighted by atomic mass is 9.75. The zero-order valence-corrected chi connectivity index (χ0v) is 15.7. The van der Waals surface area contributed by atoms with Gasteiger partial charge in [-0.3, -0.25) is 4.79 Å². The molecule has 0 aromatic heterocycles. The Morgan fingerprint density at radius 3 is 2.08 bits per heavy atom. The van der Waals surface area contributed by atoms with Crippen LogP contribution in [0.4, 0.5) is 0 Å². The second kappa shape index (κ2) is 7.13. The summed E-state index contributed by atoms with van der Waals surface area (Å²) in [6, 6.07) is 19.0. The van der Waals surface area contributed by atoms with Crippen molar-refractivity contribution in [2.45, 2.75) is 5.41 Å². The first-order valence-corrected chi connectivity index (χ1v) is 9.72. The Morgan fingerprint density at radius 1 is 0.885 bits per heavy atom. The molecule has 2 aromatic rings. The summed E-state index contributed by atoms with van der Waals surface area (Å²) in [5.74, 6) is 1.25. The Bertz CT molecular complexity index is 865. The molecule has 1 aliphatic carbocycles. The zero-order chi connectivity index (χ0) is 17.4. The van der Waals surface area contributed by atoms with Crippen LogP contribution >= 0.6 is 7.92 Å². The fourth-order valence-electron chi connectivity index (χ4n) is 3.87. The highest BCUT2D eigenvalue weighted by Crippen LogP contribution is 2.57. The molecule has 129 valence electrons. The molecule has 3 radical (unpaired) electrons. The van der Waals surface area contributed by atoms with E-state index in [1.807, 2.05) is 12.1 Å². The van der Waals surface area contributed by atoms with Gasteiger partial charge in [0.2, 0.25) is 0 Å². The van der Waals surface area contributed by atoms with Crippen LogP contribution in [0, 0.1) is 0 Å². The molecule has 4 rings (SSSR count). The summed E-state index contributed by atoms with van der Waals surface area (Å²) in [4.78, 5) is 12.1. The Hall–Kier alpha value is -2.32. The van der Waals surface area contributed by atoms with E-state index < -0.39 is 13.3 Å². The number of carbonyl (C=O) groups is 1. The van der Waals surface area contributed by atoms with Crippen molar-refractivity contribution < 1.29 is 14.3 Å². The minimum atomic E-state index is -0.559. The number of hydrogen-bond acceptors (Lipinski definition) is 3. The molecular formula is C21H19BO3P. The van der Waals surface area contributed by atoms with Gasteiger partial charge in [-0.15, -0.1) is 0 Å². The number of carbonyl (C=O) groups excluding carboxylic acids is 1. The monoisotopic (exact) mass is 361 g/mol. The fourth-order valence-corrected chi connectivity index (χ4v) is 6.81. The summed E-state index contributed by atoms with van der Waals surface area (Å²) in [6.45, 7) is 0. The van der Waals surface area contributed by atoms with E-state index in [2.05, 4.69) is 42.5 Å². The van der Waals surface area contributed by atoms with Gasteiger partial charge in [-0.2, -0.15) is 0 Å². The number of fused-ring (bicyclic) bond motifs is 2. The molecule has 5 heteroatoms. The van der Waals surface area contributed by atoms with Crippen LogP contribution in [0.3, 0.4) is 0 Å². The number of rotatable bonds is 3. The number of hydrogen-bond donors (Lipinski definition) is 0. The molecule has 26 heavy (non-hydrogen) atoms. The van der Waals surface area contributed by atoms with Gasteiger partial charge in [0.25, 0.3) is 0 Å². The highest BCUT2D eigenvalue weighted by Gasteiger charge is 2.53. The van der Waals surface area contributed by atoms with E-state index in [1.165, 1.54) is 16.2 Å². The topological polar surface area (TPSA) is 35.5 Å². The predicted molar refractivity (Wildman–Crippen MR) is 107 cm³/mol. The van der Waals surface area contributed by atoms with Crippen molar-refractivity contribution in [2.75, 3.05) is 20.4 Å². The minimum absolute atomic E-state index is 0. The SMILES string of the molecule is COC1=CC(=O)C=C(OC)C12C[P@@](c1ccccc1)c1ccccc12.[B]. The van der Waals surface area contributed by atoms with E-state index >= 15 is 0 Å². The van der Waals surface area contributed by atoms with Crippen LogP contribution < -0.4 is 10.6 Å². The van der Waals surface area contributed by atoms with E-state index in [0.29, 0.717) is 11.5 Å². The summed E-state index contributed by atoms with van der Waals surface area (Å²) in [6.07, 6.45) is 4.05. The average Bonchev–Trinajstić information content (AvgIpc) is 3.00. The molecule has 0 saturated carbocycles. The normalized spacial score (nSPS) is 19.9. The number of ether oxygens (including phenoxy) is 2. The molecule has 2 aromatic carbocycles. The van der Waals surface area contributed by atoms with Gasteiger partial charge in [-0.25, -0.2) is 0 Å². The Morgan fingerprint density at radius 2 is 1.46 bits per heavy atom. The van der Waals surface area contributed by atoms with Gasteiger partial charge in [-0.05, 0) is 30.3 Å². The molecule has 0 bridgehead atoms. The lowest BCUT2D eigenvalue weighted by Crippen LogP contribution is -2.37. The fraction of sp³-hybridized carbons (Fsp3) is 0.190. The lowest BCUT2D eigenvalue weighted by molar-refractivity contribution is -0.111. The van der Waals surface area contributed by atoms with Crippen LogP contribution in [0.1, 0.15) is 5.56 Å². The summed E-state index contributed by atoms with van der Waals surface area (Å²) < 4.78 is 11.4. The first-order valence-electron chi connectivity index (χ1n) is 8.19. The summed E-state index contributed by atoms with van der Waals surface area (Å²) >= 11 is 0. The molecule has 0 fully saturated rings. The maximum atomic E-state index is 12.1. The van der Waals surface area contributed by atoms with Crippen molar-refractivity contribution in [3.63, 3.8) is 0 Å². The molecular weight excluding hydrogens is 342 g/mol. The van der Waals surface area contributed by atoms with Gasteiger partial charge in [0.1, 0.15) is 16.9 Å². The Labute approximate surface area is 157 Å². The molecule has 0 amide bonds. The first kappa shape index (κ1) is 18.5. The van der Waals surface area contributed by atoms with Gasteiger partial charge in [-0.1, -0.05) is 54.6 Å². The summed E-state index contributed by atoms with van der Waals surface area (Å²) in [7, 11) is 2.70. The summed E-state index contributed by atoms with van der Waals surface area (Å²) in [5.41, 5.74) is 0.661. The van der Waals surface area contributed by atoms with Crippen LogP contribution in [0.2, 0.25) is 0 Å². The zero-order valence-electron chi connectivity index (χ0n) is 14.8. The van der Waals surface area contributed by atoms with Crippen LogP contribution in [0.5, 0.6) is 0 Å². The molecule has 0 N–H and O–H groups in total. The molecule has 0 saturated heterocycles. The standard InChI is InChI=1S/C21H19O3P.B/c1-23-19-12-15(22)13-20(24-2)21(19)14-25(16-8-4-3-5-9-16)18-11-7-6-10-17(18)21;/h3-13H,14H2,1-2H3;/t25-;/m0./s1.